The van der Waals surface area contributed by atoms with Crippen molar-refractivity contribution in [3.63, 3.8) is 0 Å². The maximum Gasteiger partial charge on any atom is 0.354 e. The van der Waals surface area contributed by atoms with Crippen LogP contribution in [0.1, 0.15) is 22.3 Å². The van der Waals surface area contributed by atoms with Crippen LogP contribution in [-0.2, 0) is 9.47 Å². The molecule has 0 radical (unpaired) electrons. The zero-order chi connectivity index (χ0) is 12.1. The van der Waals surface area contributed by atoms with E-state index in [2.05, 4.69) is 4.98 Å². The predicted octanol–water partition coefficient (Wildman–Crippen LogP) is 1.08. The lowest BCUT2D eigenvalue weighted by atomic mass is 10.2. The summed E-state index contributed by atoms with van der Waals surface area (Å²) in [6.07, 6.45) is 0.639. The average molecular weight is 227 g/mol. The zero-order valence-corrected chi connectivity index (χ0v) is 9.26. The second-order valence-corrected chi connectivity index (χ2v) is 2.92. The van der Waals surface area contributed by atoms with Crippen molar-refractivity contribution in [1.29, 1.82) is 0 Å². The lowest BCUT2D eigenvalue weighted by Crippen LogP contribution is -2.09. The number of carboxylic acids is 1. The van der Waals surface area contributed by atoms with Crippen molar-refractivity contribution >= 4 is 5.97 Å². The monoisotopic (exact) mass is 227 g/mol. The molecule has 0 aliphatic heterocycles. The quantitative estimate of drug-likeness (QED) is 0.758. The van der Waals surface area contributed by atoms with Crippen LogP contribution in [0.4, 0.5) is 0 Å². The van der Waals surface area contributed by atoms with E-state index in [1.807, 2.05) is 0 Å². The summed E-state index contributed by atoms with van der Waals surface area (Å²) in [5.41, 5.74) is 0.398. The number of hydrogen-bond donors (Lipinski definition) is 1. The van der Waals surface area contributed by atoms with Gasteiger partial charge in [0.15, 0.2) is 6.29 Å². The molecule has 1 rings (SSSR count). The summed E-state index contributed by atoms with van der Waals surface area (Å²) in [7, 11) is 4.37. The van der Waals surface area contributed by atoms with Crippen LogP contribution in [0.3, 0.4) is 0 Å². The highest BCUT2D eigenvalue weighted by atomic mass is 16.7. The molecule has 0 unspecified atom stereocenters. The number of aromatic carboxylic acids is 1. The first-order valence-electron chi connectivity index (χ1n) is 4.46. The first kappa shape index (κ1) is 12.4. The van der Waals surface area contributed by atoms with Gasteiger partial charge in [0.05, 0.1) is 18.9 Å². The summed E-state index contributed by atoms with van der Waals surface area (Å²) in [4.78, 5) is 14.5. The molecule has 0 fully saturated rings. The molecule has 1 aromatic rings. The molecular weight excluding hydrogens is 214 g/mol. The Bertz CT molecular complexity index is 375. The minimum absolute atomic E-state index is 0.0881. The maximum absolute atomic E-state index is 10.8. The van der Waals surface area contributed by atoms with Crippen LogP contribution in [0.15, 0.2) is 12.3 Å². The minimum Gasteiger partial charge on any atom is -0.495 e. The van der Waals surface area contributed by atoms with Gasteiger partial charge in [-0.05, 0) is 6.07 Å². The van der Waals surface area contributed by atoms with Crippen LogP contribution >= 0.6 is 0 Å². The smallest absolute Gasteiger partial charge is 0.354 e. The molecule has 0 saturated heterocycles. The van der Waals surface area contributed by atoms with Gasteiger partial charge in [0.1, 0.15) is 11.4 Å². The molecule has 1 heterocycles. The first-order chi connectivity index (χ1) is 7.63. The fourth-order valence-electron chi connectivity index (χ4n) is 1.28. The van der Waals surface area contributed by atoms with Gasteiger partial charge in [0, 0.05) is 14.2 Å². The molecule has 0 aromatic carbocycles. The van der Waals surface area contributed by atoms with Gasteiger partial charge in [-0.1, -0.05) is 0 Å². The fraction of sp³-hybridized carbons (Fsp3) is 0.400. The molecule has 0 atom stereocenters. The Balaban J connectivity index is 3.20. The molecule has 0 bridgehead atoms. The van der Waals surface area contributed by atoms with E-state index >= 15 is 0 Å². The molecule has 6 heteroatoms. The van der Waals surface area contributed by atoms with Crippen LogP contribution in [-0.4, -0.2) is 37.4 Å². The van der Waals surface area contributed by atoms with Crippen molar-refractivity contribution in [2.24, 2.45) is 0 Å². The second-order valence-electron chi connectivity index (χ2n) is 2.92. The highest BCUT2D eigenvalue weighted by Crippen LogP contribution is 2.27. The van der Waals surface area contributed by atoms with E-state index in [4.69, 9.17) is 19.3 Å². The highest BCUT2D eigenvalue weighted by Gasteiger charge is 2.18. The van der Waals surface area contributed by atoms with E-state index in [-0.39, 0.29) is 5.69 Å². The van der Waals surface area contributed by atoms with Gasteiger partial charge in [-0.2, -0.15) is 0 Å². The topological polar surface area (TPSA) is 77.9 Å². The number of pyridine rings is 1. The van der Waals surface area contributed by atoms with E-state index in [0.717, 1.165) is 0 Å². The highest BCUT2D eigenvalue weighted by molar-refractivity contribution is 5.85. The Kier molecular flexibility index (Phi) is 4.21. The lowest BCUT2D eigenvalue weighted by Gasteiger charge is -2.16. The third kappa shape index (κ3) is 2.47. The Morgan fingerprint density at radius 2 is 2.00 bits per heavy atom. The van der Waals surface area contributed by atoms with Crippen molar-refractivity contribution in [2.45, 2.75) is 6.29 Å². The number of hydrogen-bond acceptors (Lipinski definition) is 5. The number of aromatic nitrogens is 1. The van der Waals surface area contributed by atoms with E-state index in [9.17, 15) is 4.79 Å². The molecule has 88 valence electrons. The molecule has 1 N–H and O–H groups in total. The van der Waals surface area contributed by atoms with Gasteiger partial charge in [-0.25, -0.2) is 9.78 Å². The molecule has 0 amide bonds. The number of nitrogens with zero attached hydrogens (tertiary/aromatic N) is 1. The van der Waals surface area contributed by atoms with Gasteiger partial charge in [-0.15, -0.1) is 0 Å². The number of ether oxygens (including phenoxy) is 3. The van der Waals surface area contributed by atoms with Gasteiger partial charge >= 0.3 is 5.97 Å². The standard InChI is InChI=1S/C10H13NO5/c1-14-8-5-11-7(9(12)13)4-6(8)10(15-2)16-3/h4-5,10H,1-3H3,(H,12,13). The molecule has 6 nitrogen and oxygen atoms in total. The van der Waals surface area contributed by atoms with Gasteiger partial charge in [0.25, 0.3) is 0 Å². The van der Waals surface area contributed by atoms with E-state index < -0.39 is 12.3 Å². The van der Waals surface area contributed by atoms with E-state index in [1.54, 1.807) is 0 Å². The molecular formula is C10H13NO5. The van der Waals surface area contributed by atoms with Crippen LogP contribution in [0.5, 0.6) is 5.75 Å². The SMILES string of the molecule is COc1cnc(C(=O)O)cc1C(OC)OC. The van der Waals surface area contributed by atoms with Crippen LogP contribution in [0.25, 0.3) is 0 Å². The van der Waals surface area contributed by atoms with E-state index in [0.29, 0.717) is 11.3 Å². The van der Waals surface area contributed by atoms with Gasteiger partial charge < -0.3 is 19.3 Å². The summed E-state index contributed by atoms with van der Waals surface area (Å²) in [6, 6.07) is 1.36. The van der Waals surface area contributed by atoms with Crippen LogP contribution in [0.2, 0.25) is 0 Å². The Morgan fingerprint density at radius 1 is 1.38 bits per heavy atom. The van der Waals surface area contributed by atoms with Crippen LogP contribution < -0.4 is 4.74 Å². The number of rotatable bonds is 5. The minimum atomic E-state index is -1.12. The number of carbonyl (C=O) groups is 1. The summed E-state index contributed by atoms with van der Waals surface area (Å²) < 4.78 is 15.1. The summed E-state index contributed by atoms with van der Waals surface area (Å²) >= 11 is 0. The normalized spacial score (nSPS) is 10.5. The average Bonchev–Trinajstić information content (AvgIpc) is 2.30. The Labute approximate surface area is 92.8 Å². The van der Waals surface area contributed by atoms with E-state index in [1.165, 1.54) is 33.6 Å². The maximum atomic E-state index is 10.8. The predicted molar refractivity (Wildman–Crippen MR) is 54.5 cm³/mol. The first-order valence-corrected chi connectivity index (χ1v) is 4.46. The third-order valence-electron chi connectivity index (χ3n) is 2.02. The largest absolute Gasteiger partial charge is 0.495 e. The van der Waals surface area contributed by atoms with Crippen molar-refractivity contribution < 1.29 is 24.1 Å². The number of carboxylic acid groups (broad SMARTS) is 1. The molecule has 0 aliphatic rings. The fourth-order valence-corrected chi connectivity index (χ4v) is 1.28. The summed E-state index contributed by atoms with van der Waals surface area (Å²) in [5.74, 6) is -0.700. The lowest BCUT2D eigenvalue weighted by molar-refractivity contribution is -0.107. The molecule has 16 heavy (non-hydrogen) atoms. The summed E-state index contributed by atoms with van der Waals surface area (Å²) in [5, 5.41) is 8.82. The van der Waals surface area contributed by atoms with Gasteiger partial charge in [0.2, 0.25) is 0 Å². The summed E-state index contributed by atoms with van der Waals surface area (Å²) in [6.45, 7) is 0. The van der Waals surface area contributed by atoms with Crippen molar-refractivity contribution in [1.82, 2.24) is 4.98 Å². The van der Waals surface area contributed by atoms with Crippen LogP contribution in [0, 0.1) is 0 Å². The Hall–Kier alpha value is -1.66. The zero-order valence-electron chi connectivity index (χ0n) is 9.26. The third-order valence-corrected chi connectivity index (χ3v) is 2.02. The van der Waals surface area contributed by atoms with Gasteiger partial charge in [-0.3, -0.25) is 0 Å². The number of methoxy groups -OCH3 is 3. The van der Waals surface area contributed by atoms with Crippen molar-refractivity contribution in [3.8, 4) is 5.75 Å². The molecule has 0 saturated carbocycles. The second kappa shape index (κ2) is 5.43. The Morgan fingerprint density at radius 3 is 2.44 bits per heavy atom. The molecule has 1 aromatic heterocycles. The molecule has 0 spiro atoms. The molecule has 0 aliphatic carbocycles. The van der Waals surface area contributed by atoms with Crippen molar-refractivity contribution in [2.75, 3.05) is 21.3 Å². The van der Waals surface area contributed by atoms with Crippen molar-refractivity contribution in [3.05, 3.63) is 23.5 Å².